The van der Waals surface area contributed by atoms with Gasteiger partial charge in [-0.05, 0) is 30.3 Å². The Hall–Kier alpha value is -1.75. The van der Waals surface area contributed by atoms with Crippen LogP contribution in [-0.4, -0.2) is 25.7 Å². The lowest BCUT2D eigenvalue weighted by atomic mass is 9.70. The molecule has 3 rings (SSSR count). The highest BCUT2D eigenvalue weighted by atomic mass is 32.2. The summed E-state index contributed by atoms with van der Waals surface area (Å²) < 4.78 is 25.1. The summed E-state index contributed by atoms with van der Waals surface area (Å²) in [6.07, 6.45) is 3.11. The Balaban J connectivity index is 1.81. The Labute approximate surface area is 142 Å². The summed E-state index contributed by atoms with van der Waals surface area (Å²) in [5.41, 5.74) is -0.647. The van der Waals surface area contributed by atoms with Crippen molar-refractivity contribution < 1.29 is 18.0 Å². The molecule has 0 heterocycles. The van der Waals surface area contributed by atoms with Gasteiger partial charge in [0.25, 0.3) is 0 Å². The van der Waals surface area contributed by atoms with E-state index in [9.17, 15) is 18.0 Å². The van der Waals surface area contributed by atoms with E-state index >= 15 is 0 Å². The molecule has 5 heteroatoms. The molecule has 0 amide bonds. The lowest BCUT2D eigenvalue weighted by Gasteiger charge is -2.35. The van der Waals surface area contributed by atoms with Crippen LogP contribution in [0.2, 0.25) is 0 Å². The highest BCUT2D eigenvalue weighted by Gasteiger charge is 2.65. The molecule has 24 heavy (non-hydrogen) atoms. The number of sulfone groups is 1. The van der Waals surface area contributed by atoms with Crippen LogP contribution in [0.4, 0.5) is 0 Å². The van der Waals surface area contributed by atoms with Crippen molar-refractivity contribution in [1.29, 1.82) is 0 Å². The Morgan fingerprint density at radius 2 is 1.92 bits per heavy atom. The predicted molar refractivity (Wildman–Crippen MR) is 92.3 cm³/mol. The number of hydrogen-bond donors (Lipinski definition) is 0. The molecule has 128 valence electrons. The number of benzene rings is 1. The minimum Gasteiger partial charge on any atom is -0.299 e. The largest absolute Gasteiger partial charge is 0.299 e. The molecule has 0 N–H and O–H groups in total. The minimum atomic E-state index is -3.64. The molecule has 0 aromatic heterocycles. The number of carbonyl (C=O) groups excluding carboxylic acids is 2. The van der Waals surface area contributed by atoms with Crippen molar-refractivity contribution in [3.8, 4) is 0 Å². The van der Waals surface area contributed by atoms with E-state index in [0.717, 1.165) is 17.9 Å². The third-order valence-corrected chi connectivity index (χ3v) is 7.52. The van der Waals surface area contributed by atoms with Crippen LogP contribution in [0.15, 0.2) is 41.8 Å². The first kappa shape index (κ1) is 17.1. The van der Waals surface area contributed by atoms with Gasteiger partial charge in [-0.15, -0.1) is 0 Å². The van der Waals surface area contributed by atoms with Crippen LogP contribution >= 0.6 is 0 Å². The third-order valence-electron chi connectivity index (χ3n) is 6.07. The lowest BCUT2D eigenvalue weighted by molar-refractivity contribution is -0.128. The highest BCUT2D eigenvalue weighted by Crippen LogP contribution is 2.64. The van der Waals surface area contributed by atoms with Gasteiger partial charge in [0.15, 0.2) is 15.6 Å². The fraction of sp³-hybridized carbons (Fsp3) is 0.474. The van der Waals surface area contributed by atoms with Crippen molar-refractivity contribution in [2.24, 2.45) is 16.7 Å². The maximum absolute atomic E-state index is 12.5. The van der Waals surface area contributed by atoms with E-state index in [0.29, 0.717) is 18.4 Å². The summed E-state index contributed by atoms with van der Waals surface area (Å²) in [4.78, 5) is 24.5. The SMILES string of the molecule is CC1(C)C2CCC1(CS(=O)(=O)/C=C/C(=O)c1ccccc1)C(=O)C2. The fourth-order valence-corrected chi connectivity index (χ4v) is 6.16. The average molecular weight is 346 g/mol. The second kappa shape index (κ2) is 5.66. The molecule has 2 unspecified atom stereocenters. The Bertz CT molecular complexity index is 805. The Morgan fingerprint density at radius 1 is 1.25 bits per heavy atom. The number of fused-ring (bicyclic) bond motifs is 2. The van der Waals surface area contributed by atoms with Gasteiger partial charge in [-0.2, -0.15) is 0 Å². The maximum Gasteiger partial charge on any atom is 0.186 e. The van der Waals surface area contributed by atoms with Crippen molar-refractivity contribution in [2.75, 3.05) is 5.75 Å². The quantitative estimate of drug-likeness (QED) is 0.606. The molecule has 0 spiro atoms. The van der Waals surface area contributed by atoms with Crippen molar-refractivity contribution >= 4 is 21.4 Å². The fourth-order valence-electron chi connectivity index (χ4n) is 4.36. The number of hydrogen-bond acceptors (Lipinski definition) is 4. The molecule has 2 fully saturated rings. The van der Waals surface area contributed by atoms with Crippen molar-refractivity contribution in [3.63, 3.8) is 0 Å². The van der Waals surface area contributed by atoms with Gasteiger partial charge in [-0.25, -0.2) is 8.42 Å². The summed E-state index contributed by atoms with van der Waals surface area (Å²) in [5.74, 6) is -0.204. The smallest absolute Gasteiger partial charge is 0.186 e. The number of ketones is 2. The summed E-state index contributed by atoms with van der Waals surface area (Å²) >= 11 is 0. The van der Waals surface area contributed by atoms with Gasteiger partial charge in [0.1, 0.15) is 5.78 Å². The molecule has 2 bridgehead atoms. The molecule has 2 aliphatic rings. The van der Waals surface area contributed by atoms with Crippen molar-refractivity contribution in [3.05, 3.63) is 47.4 Å². The van der Waals surface area contributed by atoms with Gasteiger partial charge >= 0.3 is 0 Å². The van der Waals surface area contributed by atoms with Gasteiger partial charge in [0, 0.05) is 22.8 Å². The van der Waals surface area contributed by atoms with Crippen LogP contribution in [-0.2, 0) is 14.6 Å². The Kier molecular flexibility index (Phi) is 4.03. The van der Waals surface area contributed by atoms with E-state index < -0.39 is 15.3 Å². The first-order valence-electron chi connectivity index (χ1n) is 8.21. The second-order valence-electron chi connectivity index (χ2n) is 7.51. The van der Waals surface area contributed by atoms with Crippen LogP contribution in [0.25, 0.3) is 0 Å². The number of rotatable bonds is 5. The zero-order valence-corrected chi connectivity index (χ0v) is 14.8. The summed E-state index contributed by atoms with van der Waals surface area (Å²) in [7, 11) is -3.64. The zero-order valence-electron chi connectivity index (χ0n) is 14.0. The molecular formula is C19H22O4S. The van der Waals surface area contributed by atoms with E-state index in [1.54, 1.807) is 30.3 Å². The van der Waals surface area contributed by atoms with Gasteiger partial charge in [-0.3, -0.25) is 9.59 Å². The molecule has 0 radical (unpaired) electrons. The molecule has 0 aliphatic heterocycles. The van der Waals surface area contributed by atoms with Crippen LogP contribution < -0.4 is 0 Å². The molecule has 2 aliphatic carbocycles. The third kappa shape index (κ3) is 2.65. The monoisotopic (exact) mass is 346 g/mol. The highest BCUT2D eigenvalue weighted by molar-refractivity contribution is 7.94. The maximum atomic E-state index is 12.5. The molecule has 1 aromatic rings. The van der Waals surface area contributed by atoms with E-state index in [2.05, 4.69) is 0 Å². The van der Waals surface area contributed by atoms with E-state index in [1.165, 1.54) is 0 Å². The van der Waals surface area contributed by atoms with Gasteiger partial charge in [0.2, 0.25) is 0 Å². The second-order valence-corrected chi connectivity index (χ2v) is 9.39. The lowest BCUT2D eigenvalue weighted by Crippen LogP contribution is -2.41. The standard InChI is InChI=1S/C19H22O4S/c1-18(2)15-8-10-19(18,17(21)12-15)13-24(22,23)11-9-16(20)14-6-4-3-5-7-14/h3-7,9,11,15H,8,10,12-13H2,1-2H3/b11-9+. The molecule has 1 aromatic carbocycles. The zero-order chi connectivity index (χ0) is 17.6. The van der Waals surface area contributed by atoms with E-state index in [1.807, 2.05) is 13.8 Å². The first-order chi connectivity index (χ1) is 11.2. The van der Waals surface area contributed by atoms with E-state index in [-0.39, 0.29) is 28.7 Å². The summed E-state index contributed by atoms with van der Waals surface area (Å²) in [6.45, 7) is 4.01. The minimum absolute atomic E-state index is 0.0649. The van der Waals surface area contributed by atoms with Crippen LogP contribution in [0.5, 0.6) is 0 Å². The molecular weight excluding hydrogens is 324 g/mol. The topological polar surface area (TPSA) is 68.3 Å². The Morgan fingerprint density at radius 3 is 2.46 bits per heavy atom. The van der Waals surface area contributed by atoms with Crippen LogP contribution in [0.3, 0.4) is 0 Å². The molecule has 2 atom stereocenters. The van der Waals surface area contributed by atoms with Gasteiger partial charge in [0.05, 0.1) is 5.75 Å². The number of allylic oxidation sites excluding steroid dienone is 1. The number of Topliss-reactive ketones (excluding diaryl/α,β-unsaturated/α-hetero) is 1. The van der Waals surface area contributed by atoms with Crippen LogP contribution in [0, 0.1) is 16.7 Å². The number of carbonyl (C=O) groups is 2. The van der Waals surface area contributed by atoms with Gasteiger partial charge < -0.3 is 0 Å². The average Bonchev–Trinajstić information content (AvgIpc) is 2.87. The molecule has 2 saturated carbocycles. The first-order valence-corrected chi connectivity index (χ1v) is 9.93. The van der Waals surface area contributed by atoms with Crippen molar-refractivity contribution in [2.45, 2.75) is 33.1 Å². The van der Waals surface area contributed by atoms with Crippen LogP contribution in [0.1, 0.15) is 43.5 Å². The van der Waals surface area contributed by atoms with E-state index in [4.69, 9.17) is 0 Å². The molecule has 0 saturated heterocycles. The summed E-state index contributed by atoms with van der Waals surface area (Å²) in [6, 6.07) is 8.53. The van der Waals surface area contributed by atoms with Gasteiger partial charge in [-0.1, -0.05) is 44.2 Å². The molecule has 4 nitrogen and oxygen atoms in total. The summed E-state index contributed by atoms with van der Waals surface area (Å²) in [5, 5.41) is 0.978. The normalized spacial score (nSPS) is 28.6. The van der Waals surface area contributed by atoms with Crippen molar-refractivity contribution in [1.82, 2.24) is 0 Å². The predicted octanol–water partition coefficient (Wildman–Crippen LogP) is 3.19.